The Morgan fingerprint density at radius 1 is 0.774 bits per heavy atom. The number of hydrogen-bond donors (Lipinski definition) is 2. The second-order valence-corrected chi connectivity index (χ2v) is 8.08. The SMILES string of the molecule is O=C(Nc1ccccc1CCCCCc1ccccc1C(=O)O)c1ccc(Cl)c(Cl)c1. The zero-order valence-corrected chi connectivity index (χ0v) is 18.4. The van der Waals surface area contributed by atoms with E-state index in [4.69, 9.17) is 23.2 Å². The van der Waals surface area contributed by atoms with Crippen molar-refractivity contribution < 1.29 is 14.7 Å². The van der Waals surface area contributed by atoms with Gasteiger partial charge in [-0.05, 0) is 67.1 Å². The Hall–Kier alpha value is -2.82. The van der Waals surface area contributed by atoms with Crippen molar-refractivity contribution >= 4 is 40.8 Å². The third-order valence-electron chi connectivity index (χ3n) is 5.09. The van der Waals surface area contributed by atoms with Crippen LogP contribution in [0, 0.1) is 0 Å². The number of aryl methyl sites for hydroxylation is 2. The second-order valence-electron chi connectivity index (χ2n) is 7.26. The van der Waals surface area contributed by atoms with Crippen LogP contribution in [0.15, 0.2) is 66.7 Å². The quantitative estimate of drug-likeness (QED) is 0.344. The first-order chi connectivity index (χ1) is 15.0. The number of hydrogen-bond acceptors (Lipinski definition) is 2. The van der Waals surface area contributed by atoms with Gasteiger partial charge in [-0.15, -0.1) is 0 Å². The first-order valence-corrected chi connectivity index (χ1v) is 10.9. The molecule has 2 N–H and O–H groups in total. The van der Waals surface area contributed by atoms with Gasteiger partial charge in [0, 0.05) is 11.3 Å². The molecule has 31 heavy (non-hydrogen) atoms. The molecule has 3 aromatic rings. The summed E-state index contributed by atoms with van der Waals surface area (Å²) in [6.07, 6.45) is 4.36. The first kappa shape index (κ1) is 22.9. The predicted molar refractivity (Wildman–Crippen MR) is 126 cm³/mol. The van der Waals surface area contributed by atoms with Crippen LogP contribution in [-0.4, -0.2) is 17.0 Å². The van der Waals surface area contributed by atoms with E-state index >= 15 is 0 Å². The van der Waals surface area contributed by atoms with E-state index in [0.29, 0.717) is 21.2 Å². The Morgan fingerprint density at radius 3 is 2.13 bits per heavy atom. The largest absolute Gasteiger partial charge is 0.478 e. The molecule has 0 unspecified atom stereocenters. The number of rotatable bonds is 9. The van der Waals surface area contributed by atoms with Crippen molar-refractivity contribution in [1.82, 2.24) is 0 Å². The second kappa shape index (κ2) is 11.0. The van der Waals surface area contributed by atoms with Crippen LogP contribution < -0.4 is 5.32 Å². The number of halogens is 2. The Bertz CT molecular complexity index is 1080. The van der Waals surface area contributed by atoms with Crippen LogP contribution in [0.25, 0.3) is 0 Å². The molecule has 0 saturated heterocycles. The molecule has 0 fully saturated rings. The normalized spacial score (nSPS) is 10.6. The number of carboxylic acid groups (broad SMARTS) is 1. The summed E-state index contributed by atoms with van der Waals surface area (Å²) in [7, 11) is 0. The summed E-state index contributed by atoms with van der Waals surface area (Å²) >= 11 is 11.9. The van der Waals surface area contributed by atoms with Gasteiger partial charge in [0.2, 0.25) is 0 Å². The molecule has 6 heteroatoms. The number of anilines is 1. The maximum absolute atomic E-state index is 12.6. The lowest BCUT2D eigenvalue weighted by molar-refractivity contribution is 0.0695. The highest BCUT2D eigenvalue weighted by Gasteiger charge is 2.11. The van der Waals surface area contributed by atoms with Crippen molar-refractivity contribution in [3.8, 4) is 0 Å². The number of amides is 1. The van der Waals surface area contributed by atoms with Gasteiger partial charge in [-0.3, -0.25) is 4.79 Å². The van der Waals surface area contributed by atoms with Gasteiger partial charge in [-0.2, -0.15) is 0 Å². The Balaban J connectivity index is 1.54. The van der Waals surface area contributed by atoms with Gasteiger partial charge in [-0.25, -0.2) is 4.79 Å². The van der Waals surface area contributed by atoms with Crippen molar-refractivity contribution in [2.24, 2.45) is 0 Å². The number of nitrogens with one attached hydrogen (secondary N) is 1. The first-order valence-electron chi connectivity index (χ1n) is 10.1. The third kappa shape index (κ3) is 6.33. The number of carboxylic acids is 1. The summed E-state index contributed by atoms with van der Waals surface area (Å²) in [6.45, 7) is 0. The van der Waals surface area contributed by atoms with Gasteiger partial charge in [-0.1, -0.05) is 66.0 Å². The molecule has 0 aromatic heterocycles. The van der Waals surface area contributed by atoms with Crippen LogP contribution in [-0.2, 0) is 12.8 Å². The topological polar surface area (TPSA) is 66.4 Å². The van der Waals surface area contributed by atoms with Gasteiger partial charge < -0.3 is 10.4 Å². The molecule has 3 aromatic carbocycles. The highest BCUT2D eigenvalue weighted by atomic mass is 35.5. The Labute approximate surface area is 191 Å². The van der Waals surface area contributed by atoms with Crippen molar-refractivity contribution in [1.29, 1.82) is 0 Å². The van der Waals surface area contributed by atoms with Crippen LogP contribution in [0.2, 0.25) is 10.0 Å². The molecular weight excluding hydrogens is 433 g/mol. The highest BCUT2D eigenvalue weighted by Crippen LogP contribution is 2.24. The van der Waals surface area contributed by atoms with Gasteiger partial charge in [0.15, 0.2) is 0 Å². The van der Waals surface area contributed by atoms with E-state index < -0.39 is 5.97 Å². The molecule has 0 radical (unpaired) electrons. The molecule has 3 rings (SSSR count). The van der Waals surface area contributed by atoms with E-state index in [1.165, 1.54) is 0 Å². The van der Waals surface area contributed by atoms with E-state index in [1.54, 1.807) is 30.3 Å². The average Bonchev–Trinajstić information content (AvgIpc) is 2.76. The van der Waals surface area contributed by atoms with E-state index in [1.807, 2.05) is 36.4 Å². The number of carbonyl (C=O) groups is 2. The molecule has 0 saturated carbocycles. The maximum atomic E-state index is 12.6. The molecule has 0 aliphatic rings. The van der Waals surface area contributed by atoms with Crippen LogP contribution in [0.3, 0.4) is 0 Å². The molecule has 0 aliphatic carbocycles. The standard InChI is InChI=1S/C25H23Cl2NO3/c26-21-15-14-19(16-22(21)27)24(29)28-23-13-7-5-11-18(23)10-3-1-2-8-17-9-4-6-12-20(17)25(30)31/h4-7,9,11-16H,1-3,8,10H2,(H,28,29)(H,30,31). The summed E-state index contributed by atoms with van der Waals surface area (Å²) in [6, 6.07) is 19.7. The van der Waals surface area contributed by atoms with Crippen molar-refractivity contribution in [3.63, 3.8) is 0 Å². The molecule has 0 heterocycles. The van der Waals surface area contributed by atoms with E-state index in [9.17, 15) is 14.7 Å². The summed E-state index contributed by atoms with van der Waals surface area (Å²) in [5.74, 6) is -1.13. The highest BCUT2D eigenvalue weighted by molar-refractivity contribution is 6.42. The van der Waals surface area contributed by atoms with E-state index in [2.05, 4.69) is 5.32 Å². The summed E-state index contributed by atoms with van der Waals surface area (Å²) in [4.78, 5) is 23.9. The zero-order chi connectivity index (χ0) is 22.2. The molecule has 0 aliphatic heterocycles. The zero-order valence-electron chi connectivity index (χ0n) is 16.9. The Morgan fingerprint density at radius 2 is 1.42 bits per heavy atom. The van der Waals surface area contributed by atoms with Gasteiger partial charge in [0.25, 0.3) is 5.91 Å². The van der Waals surface area contributed by atoms with Crippen LogP contribution in [0.4, 0.5) is 5.69 Å². The minimum atomic E-state index is -0.887. The minimum Gasteiger partial charge on any atom is -0.478 e. The summed E-state index contributed by atoms with van der Waals surface area (Å²) in [5, 5.41) is 13.0. The monoisotopic (exact) mass is 455 g/mol. The molecule has 0 atom stereocenters. The third-order valence-corrected chi connectivity index (χ3v) is 5.83. The fourth-order valence-corrected chi connectivity index (χ4v) is 3.74. The van der Waals surface area contributed by atoms with Crippen LogP contribution in [0.1, 0.15) is 51.1 Å². The lowest BCUT2D eigenvalue weighted by Crippen LogP contribution is -2.13. The summed E-state index contributed by atoms with van der Waals surface area (Å²) < 4.78 is 0. The number of carbonyl (C=O) groups excluding carboxylic acids is 1. The minimum absolute atomic E-state index is 0.240. The molecular formula is C25H23Cl2NO3. The molecule has 0 spiro atoms. The maximum Gasteiger partial charge on any atom is 0.335 e. The van der Waals surface area contributed by atoms with Crippen LogP contribution in [0.5, 0.6) is 0 Å². The smallest absolute Gasteiger partial charge is 0.335 e. The Kier molecular flexibility index (Phi) is 8.10. The van der Waals surface area contributed by atoms with Gasteiger partial charge >= 0.3 is 5.97 Å². The number of para-hydroxylation sites is 1. The van der Waals surface area contributed by atoms with Crippen LogP contribution >= 0.6 is 23.2 Å². The fraction of sp³-hybridized carbons (Fsp3) is 0.200. The predicted octanol–water partition coefficient (Wildman–Crippen LogP) is 6.90. The fourth-order valence-electron chi connectivity index (χ4n) is 3.45. The average molecular weight is 456 g/mol. The molecule has 4 nitrogen and oxygen atoms in total. The lowest BCUT2D eigenvalue weighted by Gasteiger charge is -2.12. The number of benzene rings is 3. The van der Waals surface area contributed by atoms with E-state index in [0.717, 1.165) is 48.9 Å². The number of unbranched alkanes of at least 4 members (excludes halogenated alkanes) is 2. The molecule has 160 valence electrons. The van der Waals surface area contributed by atoms with Gasteiger partial charge in [0.05, 0.1) is 15.6 Å². The number of aromatic carboxylic acids is 1. The molecule has 0 bridgehead atoms. The van der Waals surface area contributed by atoms with Crippen molar-refractivity contribution in [2.45, 2.75) is 32.1 Å². The molecule has 1 amide bonds. The lowest BCUT2D eigenvalue weighted by atomic mass is 9.99. The van der Waals surface area contributed by atoms with E-state index in [-0.39, 0.29) is 5.91 Å². The summed E-state index contributed by atoms with van der Waals surface area (Å²) in [5.41, 5.74) is 3.51. The van der Waals surface area contributed by atoms with Gasteiger partial charge in [0.1, 0.15) is 0 Å². The van der Waals surface area contributed by atoms with Crippen molar-refractivity contribution in [2.75, 3.05) is 5.32 Å². The van der Waals surface area contributed by atoms with Crippen molar-refractivity contribution in [3.05, 3.63) is 99.0 Å².